The Morgan fingerprint density at radius 2 is 1.45 bits per heavy atom. The van der Waals surface area contributed by atoms with E-state index in [1.807, 2.05) is 84.9 Å². The highest BCUT2D eigenvalue weighted by atomic mass is 16.4. The normalized spacial score (nSPS) is 13.9. The van der Waals surface area contributed by atoms with E-state index < -0.39 is 29.7 Å². The number of nitrogens with zero attached hydrogens (tertiary/aromatic N) is 1. The number of aliphatic hydroxyl groups is 1. The first-order valence-corrected chi connectivity index (χ1v) is 12.7. The maximum absolute atomic E-state index is 13.3. The number of carboxylic acid groups (broad SMARTS) is 1. The number of nitrogens with two attached hydrogens (primary N) is 1. The van der Waals surface area contributed by atoms with E-state index in [1.165, 1.54) is 0 Å². The summed E-state index contributed by atoms with van der Waals surface area (Å²) in [6.45, 7) is 5.41. The van der Waals surface area contributed by atoms with Crippen LogP contribution in [-0.2, 0) is 17.8 Å². The van der Waals surface area contributed by atoms with Crippen molar-refractivity contribution in [2.45, 2.75) is 51.9 Å². The van der Waals surface area contributed by atoms with E-state index in [0.29, 0.717) is 13.0 Å². The molecular weight excluding hydrogens is 480 g/mol. The molecule has 0 fully saturated rings. The Kier molecular flexibility index (Phi) is 10.0. The first-order chi connectivity index (χ1) is 18.1. The van der Waals surface area contributed by atoms with Crippen LogP contribution in [0.4, 0.5) is 4.79 Å². The molecule has 3 atom stereocenters. The van der Waals surface area contributed by atoms with Crippen molar-refractivity contribution in [3.63, 3.8) is 0 Å². The Balaban J connectivity index is 1.76. The maximum atomic E-state index is 13.3. The van der Waals surface area contributed by atoms with E-state index in [2.05, 4.69) is 10.7 Å². The van der Waals surface area contributed by atoms with Gasteiger partial charge in [-0.05, 0) is 49.4 Å². The Hall–Kier alpha value is -3.72. The minimum atomic E-state index is -1.20. The van der Waals surface area contributed by atoms with Gasteiger partial charge in [0.1, 0.15) is 0 Å². The van der Waals surface area contributed by atoms with Gasteiger partial charge in [0.15, 0.2) is 0 Å². The van der Waals surface area contributed by atoms with Crippen LogP contribution in [0.5, 0.6) is 0 Å². The third-order valence-electron chi connectivity index (χ3n) is 6.92. The van der Waals surface area contributed by atoms with Crippen LogP contribution in [0, 0.1) is 5.41 Å². The summed E-state index contributed by atoms with van der Waals surface area (Å²) >= 11 is 0. The van der Waals surface area contributed by atoms with Gasteiger partial charge >= 0.3 is 6.09 Å². The molecule has 3 aromatic rings. The fraction of sp³-hybridized carbons (Fsp3) is 0.333. The van der Waals surface area contributed by atoms with Crippen LogP contribution in [-0.4, -0.2) is 52.0 Å². The summed E-state index contributed by atoms with van der Waals surface area (Å²) in [4.78, 5) is 24.4. The van der Waals surface area contributed by atoms with Gasteiger partial charge in [0.2, 0.25) is 5.91 Å². The van der Waals surface area contributed by atoms with Gasteiger partial charge < -0.3 is 21.3 Å². The number of hydrogen-bond acceptors (Lipinski definition) is 5. The van der Waals surface area contributed by atoms with Crippen molar-refractivity contribution in [3.8, 4) is 11.1 Å². The van der Waals surface area contributed by atoms with Gasteiger partial charge in [0, 0.05) is 25.2 Å². The van der Waals surface area contributed by atoms with E-state index in [0.717, 1.165) is 22.3 Å². The van der Waals surface area contributed by atoms with E-state index >= 15 is 0 Å². The first kappa shape index (κ1) is 28.8. The average molecular weight is 519 g/mol. The minimum Gasteiger partial charge on any atom is -0.465 e. The zero-order chi connectivity index (χ0) is 27.7. The molecule has 0 aromatic heterocycles. The van der Waals surface area contributed by atoms with E-state index in [4.69, 9.17) is 10.8 Å². The second-order valence-corrected chi connectivity index (χ2v) is 10.2. The second kappa shape index (κ2) is 13.2. The van der Waals surface area contributed by atoms with Crippen LogP contribution in [0.3, 0.4) is 0 Å². The molecule has 0 heterocycles. The molecule has 0 aliphatic rings. The highest BCUT2D eigenvalue weighted by Gasteiger charge is 2.36. The van der Waals surface area contributed by atoms with Crippen LogP contribution in [0.25, 0.3) is 11.1 Å². The number of benzene rings is 3. The summed E-state index contributed by atoms with van der Waals surface area (Å²) < 4.78 is 0. The molecular formula is C30H38N4O4. The maximum Gasteiger partial charge on any atom is 0.404 e. The average Bonchev–Trinajstić information content (AvgIpc) is 2.89. The quantitative estimate of drug-likeness (QED) is 0.232. The molecule has 3 aromatic carbocycles. The van der Waals surface area contributed by atoms with Crippen molar-refractivity contribution in [1.82, 2.24) is 15.8 Å². The number of rotatable bonds is 12. The number of aliphatic hydroxyl groups excluding tert-OH is 1. The first-order valence-electron chi connectivity index (χ1n) is 12.7. The molecule has 0 saturated heterocycles. The zero-order valence-corrected chi connectivity index (χ0v) is 22.2. The van der Waals surface area contributed by atoms with E-state index in [1.54, 1.807) is 25.8 Å². The number of hydrogen-bond donors (Lipinski definition) is 5. The van der Waals surface area contributed by atoms with Crippen LogP contribution < -0.4 is 16.5 Å². The molecule has 6 N–H and O–H groups in total. The molecule has 0 aliphatic carbocycles. The number of hydrazine groups is 1. The molecule has 3 rings (SSSR count). The van der Waals surface area contributed by atoms with Gasteiger partial charge in [-0.1, -0.05) is 84.9 Å². The molecule has 0 radical (unpaired) electrons. The lowest BCUT2D eigenvalue weighted by molar-refractivity contribution is -0.136. The van der Waals surface area contributed by atoms with Gasteiger partial charge in [-0.15, -0.1) is 0 Å². The van der Waals surface area contributed by atoms with Crippen LogP contribution in [0.1, 0.15) is 31.9 Å². The van der Waals surface area contributed by atoms with Crippen LogP contribution in [0.15, 0.2) is 84.9 Å². The molecule has 0 unspecified atom stereocenters. The molecule has 202 valence electrons. The fourth-order valence-electron chi connectivity index (χ4n) is 4.04. The Morgan fingerprint density at radius 3 is 2.03 bits per heavy atom. The third-order valence-corrected chi connectivity index (χ3v) is 6.92. The van der Waals surface area contributed by atoms with Gasteiger partial charge in [0.25, 0.3) is 0 Å². The summed E-state index contributed by atoms with van der Waals surface area (Å²) in [6, 6.07) is 26.5. The Bertz CT molecular complexity index is 1170. The lowest BCUT2D eigenvalue weighted by atomic mass is 9.84. The predicted octanol–water partition coefficient (Wildman–Crippen LogP) is 3.80. The van der Waals surface area contributed by atoms with Gasteiger partial charge in [-0.2, -0.15) is 0 Å². The van der Waals surface area contributed by atoms with Crippen molar-refractivity contribution in [2.75, 3.05) is 6.54 Å². The minimum absolute atomic E-state index is 0.0942. The lowest BCUT2D eigenvalue weighted by Gasteiger charge is -2.34. The third kappa shape index (κ3) is 8.14. The van der Waals surface area contributed by atoms with Crippen molar-refractivity contribution in [2.24, 2.45) is 11.1 Å². The second-order valence-electron chi connectivity index (χ2n) is 10.2. The summed E-state index contributed by atoms with van der Waals surface area (Å²) in [5.41, 5.74) is 12.3. The fourth-order valence-corrected chi connectivity index (χ4v) is 4.04. The topological polar surface area (TPSA) is 128 Å². The summed E-state index contributed by atoms with van der Waals surface area (Å²) in [5.74, 6) is -0.372. The van der Waals surface area contributed by atoms with Crippen LogP contribution >= 0.6 is 0 Å². The number of nitrogens with one attached hydrogen (secondary N) is 2. The molecule has 8 heteroatoms. The van der Waals surface area contributed by atoms with Crippen molar-refractivity contribution < 1.29 is 19.8 Å². The predicted molar refractivity (Wildman–Crippen MR) is 149 cm³/mol. The van der Waals surface area contributed by atoms with Gasteiger partial charge in [-0.3, -0.25) is 10.2 Å². The van der Waals surface area contributed by atoms with E-state index in [9.17, 15) is 14.7 Å². The standard InChI is InChI=1S/C30H38N4O4/c1-21(32-29(37)38)30(2,3)28(36)33-34(20-27(35)26(31)18-22-10-6-4-7-11-22)19-23-14-16-25(17-15-23)24-12-8-5-9-13-24/h4-17,21,26-27,32,35H,18-20,31H2,1-3H3,(H,33,36)(H,37,38)/t21-,26-,27-/m0/s1. The molecule has 8 nitrogen and oxygen atoms in total. The van der Waals surface area contributed by atoms with Crippen molar-refractivity contribution >= 4 is 12.0 Å². The number of carbonyl (C=O) groups is 2. The lowest BCUT2D eigenvalue weighted by Crippen LogP contribution is -2.57. The molecule has 0 spiro atoms. The number of carbonyl (C=O) groups excluding carboxylic acids is 1. The molecule has 0 saturated carbocycles. The summed E-state index contributed by atoms with van der Waals surface area (Å²) in [6.07, 6.45) is -1.63. The molecule has 2 amide bonds. The Labute approximate surface area is 224 Å². The highest BCUT2D eigenvalue weighted by molar-refractivity contribution is 5.83. The van der Waals surface area contributed by atoms with E-state index in [-0.39, 0.29) is 12.5 Å². The van der Waals surface area contributed by atoms with Crippen molar-refractivity contribution in [3.05, 3.63) is 96.1 Å². The number of amides is 2. The molecule has 0 bridgehead atoms. The van der Waals surface area contributed by atoms with Gasteiger partial charge in [0.05, 0.1) is 11.5 Å². The SMILES string of the molecule is C[C@H](NC(=O)O)C(C)(C)C(=O)NN(Cc1ccc(-c2ccccc2)cc1)C[C@H](O)[C@@H](N)Cc1ccccc1. The molecule has 0 aliphatic heterocycles. The summed E-state index contributed by atoms with van der Waals surface area (Å²) in [5, 5.41) is 24.1. The van der Waals surface area contributed by atoms with Crippen molar-refractivity contribution in [1.29, 1.82) is 0 Å². The largest absolute Gasteiger partial charge is 0.465 e. The monoisotopic (exact) mass is 518 g/mol. The van der Waals surface area contributed by atoms with Gasteiger partial charge in [-0.25, -0.2) is 9.80 Å². The summed E-state index contributed by atoms with van der Waals surface area (Å²) in [7, 11) is 0. The smallest absolute Gasteiger partial charge is 0.404 e. The highest BCUT2D eigenvalue weighted by Crippen LogP contribution is 2.22. The Morgan fingerprint density at radius 1 is 0.895 bits per heavy atom. The molecule has 38 heavy (non-hydrogen) atoms. The van der Waals surface area contributed by atoms with Crippen LogP contribution in [0.2, 0.25) is 0 Å². The zero-order valence-electron chi connectivity index (χ0n) is 22.2.